The first-order valence-electron chi connectivity index (χ1n) is 36.3. The summed E-state index contributed by atoms with van der Waals surface area (Å²) in [5.41, 5.74) is 19.3. The van der Waals surface area contributed by atoms with Crippen molar-refractivity contribution < 1.29 is 33.7 Å². The Morgan fingerprint density at radius 2 is 1.11 bits per heavy atom. The van der Waals surface area contributed by atoms with Crippen LogP contribution in [0.5, 0.6) is 0 Å². The van der Waals surface area contributed by atoms with Gasteiger partial charge in [-0.1, -0.05) is 164 Å². The Labute approximate surface area is 548 Å². The van der Waals surface area contributed by atoms with Gasteiger partial charge in [-0.25, -0.2) is 4.79 Å². The van der Waals surface area contributed by atoms with Crippen LogP contribution < -0.4 is 0 Å². The van der Waals surface area contributed by atoms with E-state index in [1.54, 1.807) is 24.3 Å². The van der Waals surface area contributed by atoms with Crippen LogP contribution in [0.1, 0.15) is 285 Å². The Balaban J connectivity index is 0.000000223. The summed E-state index contributed by atoms with van der Waals surface area (Å²) in [5.74, 6) is 11.8. The number of hydrogen-bond acceptors (Lipinski definition) is 9. The summed E-state index contributed by atoms with van der Waals surface area (Å²) in [5, 5.41) is 12.7. The van der Waals surface area contributed by atoms with Crippen LogP contribution in [0.4, 0.5) is 0 Å². The highest BCUT2D eigenvalue weighted by molar-refractivity contribution is 6.74. The molecule has 0 radical (unpaired) electrons. The van der Waals surface area contributed by atoms with Crippen molar-refractivity contribution in [1.29, 1.82) is 0 Å². The number of allylic oxidation sites excluding steroid dienone is 1. The van der Waals surface area contributed by atoms with Crippen molar-refractivity contribution in [2.75, 3.05) is 6.54 Å². The topological polar surface area (TPSA) is 197 Å². The number of hydrogen-bond donors (Lipinski definition) is 1. The lowest BCUT2D eigenvalue weighted by atomic mass is 9.44. The van der Waals surface area contributed by atoms with Crippen molar-refractivity contribution in [2.45, 2.75) is 301 Å². The molecule has 90 heavy (non-hydrogen) atoms. The minimum atomic E-state index is -1.45. The molecule has 8 fully saturated rings. The lowest BCUT2D eigenvalue weighted by Gasteiger charge is -2.61. The van der Waals surface area contributed by atoms with Gasteiger partial charge < -0.3 is 19.3 Å². The largest absolute Gasteiger partial charge is 0.462 e. The van der Waals surface area contributed by atoms with Crippen molar-refractivity contribution in [3.05, 3.63) is 68.9 Å². The Hall–Kier alpha value is -3.83. The zero-order valence-electron chi connectivity index (χ0n) is 58.2. The highest BCUT2D eigenvalue weighted by Crippen LogP contribution is 2.70. The number of nitrogens with zero attached hydrogens (tertiary/aromatic N) is 6. The molecule has 1 aromatic rings. The standard InChI is InChI=1S/C32H55N3O2.C32H54O2.C8H6O3.C3H9N3Si.CH4/c1-22(2)9-8-10-23(3)27-14-15-28-26-13-12-24-21-25(37-30(36)11-6-7-20-34-35-33)16-18-31(24,4)29(26)17-19-32(27,28)5;1-7-8-12-30(33)34-25-17-19-31(5)24(21-25)13-14-26-28-16-15-27(23(4)11-9-10-22(2)3)32(28,6)20-18-29(26)31;9-7-5-3-1-2-4-6(5)8(10)11-7;1-7(2,3)6-5-4;/h22-29H,6-21H2,1-5H3;7,22-29H,1,8-21H2,2-6H3;1-4,7,9H;1-3H3;1H4/t2*23-,24+,25+,26+,27-,28+,29+,31+,32-;;;/m11.../s1. The van der Waals surface area contributed by atoms with Crippen LogP contribution in [0.2, 0.25) is 19.6 Å². The van der Waals surface area contributed by atoms with Crippen molar-refractivity contribution in [1.82, 2.24) is 0 Å². The van der Waals surface area contributed by atoms with E-state index in [1.165, 1.54) is 128 Å². The second-order valence-corrected chi connectivity index (χ2v) is 37.6. The average molecular weight is 1270 g/mol. The maximum absolute atomic E-state index is 12.4. The molecule has 0 bridgehead atoms. The second kappa shape index (κ2) is 33.5. The molecule has 1 aliphatic heterocycles. The zero-order valence-corrected chi connectivity index (χ0v) is 59.2. The molecular weight excluding hydrogens is 1140 g/mol. The van der Waals surface area contributed by atoms with Crippen LogP contribution in [0, 0.1) is 105 Å². The number of carbonyl (C=O) groups is 3. The smallest absolute Gasteiger partial charge is 0.341 e. The maximum Gasteiger partial charge on any atom is 0.341 e. The summed E-state index contributed by atoms with van der Waals surface area (Å²) >= 11 is 0. The van der Waals surface area contributed by atoms with Crippen LogP contribution in [0.15, 0.2) is 46.8 Å². The van der Waals surface area contributed by atoms with Gasteiger partial charge in [0.2, 0.25) is 6.29 Å². The molecule has 10 rings (SSSR count). The SMILES string of the molecule is C.C=CCCC(=O)O[C@H]1CC[C@@]2(C)[C@@H](CC[C@@H]3[C@@H]2CC[C@]2(C)[C@@H]([C@H](C)CCCC(C)C)CC[C@@H]32)C1.CC(C)CCC[C@@H](C)[C@H]1CC[C@H]2[C@@H]3CC[C@H]4C[C@@H](OC(=O)CCCCN=[N+]=[N-])CC[C@]4(C)[C@H]3CC[C@]12C.C[Si](C)(C)N=[N+]=[N-].O=C1OC(O)c2ccccc21. The minimum absolute atomic E-state index is 0. The molecule has 1 heterocycles. The molecule has 1 aromatic carbocycles. The van der Waals surface area contributed by atoms with Gasteiger partial charge in [-0.2, -0.15) is 0 Å². The molecule has 0 spiro atoms. The molecule has 0 saturated heterocycles. The lowest BCUT2D eigenvalue weighted by Crippen LogP contribution is -2.54. The number of ether oxygens (including phenoxy) is 3. The third kappa shape index (κ3) is 18.3. The molecule has 0 aromatic heterocycles. The Morgan fingerprint density at radius 1 is 0.644 bits per heavy atom. The quantitative estimate of drug-likeness (QED) is 0.0185. The average Bonchev–Trinajstić information content (AvgIpc) is 1.73. The van der Waals surface area contributed by atoms with Gasteiger partial charge in [-0.15, -0.1) is 11.4 Å². The zero-order chi connectivity index (χ0) is 64.9. The molecule has 1 N–H and O–H groups in total. The molecule has 508 valence electrons. The number of cyclic esters (lactones) is 1. The first-order chi connectivity index (χ1) is 42.2. The number of fused-ring (bicyclic) bond motifs is 11. The number of azide groups is 2. The van der Waals surface area contributed by atoms with Crippen LogP contribution >= 0.6 is 0 Å². The van der Waals surface area contributed by atoms with Crippen LogP contribution in [0.25, 0.3) is 20.9 Å². The number of rotatable bonds is 21. The van der Waals surface area contributed by atoms with Gasteiger partial charge in [0.25, 0.3) is 0 Å². The van der Waals surface area contributed by atoms with Crippen molar-refractivity contribution in [3.8, 4) is 0 Å². The van der Waals surface area contributed by atoms with E-state index in [9.17, 15) is 14.4 Å². The van der Waals surface area contributed by atoms with Gasteiger partial charge in [-0.05, 0) is 261 Å². The Kier molecular flexibility index (Phi) is 28.0. The highest BCUT2D eigenvalue weighted by atomic mass is 28.3. The van der Waals surface area contributed by atoms with Gasteiger partial charge in [0.05, 0.1) is 5.56 Å². The van der Waals surface area contributed by atoms with E-state index in [2.05, 4.69) is 100 Å². The van der Waals surface area contributed by atoms with Crippen LogP contribution in [0.3, 0.4) is 0 Å². The Bertz CT molecular complexity index is 2580. The highest BCUT2D eigenvalue weighted by Gasteiger charge is 2.63. The van der Waals surface area contributed by atoms with E-state index in [-0.39, 0.29) is 31.6 Å². The summed E-state index contributed by atoms with van der Waals surface area (Å²) < 4.78 is 20.0. The fourth-order valence-electron chi connectivity index (χ4n) is 21.2. The fourth-order valence-corrected chi connectivity index (χ4v) is 21.4. The number of aliphatic hydroxyl groups is 1. The molecule has 14 heteroatoms. The van der Waals surface area contributed by atoms with E-state index in [0.717, 1.165) is 122 Å². The molecule has 9 aliphatic rings. The molecule has 19 atom stereocenters. The summed E-state index contributed by atoms with van der Waals surface area (Å²) in [6.45, 7) is 35.5. The number of unbranched alkanes of at least 4 members (excludes halogenated alkanes) is 1. The van der Waals surface area contributed by atoms with Crippen LogP contribution in [-0.2, 0) is 23.8 Å². The molecule has 13 nitrogen and oxygen atoms in total. The van der Waals surface area contributed by atoms with Gasteiger partial charge in [0.15, 0.2) is 0 Å². The van der Waals surface area contributed by atoms with Crippen molar-refractivity contribution in [3.63, 3.8) is 0 Å². The van der Waals surface area contributed by atoms with Gasteiger partial charge in [-0.3, -0.25) is 9.59 Å². The lowest BCUT2D eigenvalue weighted by molar-refractivity contribution is -0.163. The van der Waals surface area contributed by atoms with E-state index in [0.29, 0.717) is 58.1 Å². The van der Waals surface area contributed by atoms with Crippen molar-refractivity contribution in [2.24, 2.45) is 114 Å². The van der Waals surface area contributed by atoms with E-state index in [4.69, 9.17) is 25.6 Å². The number of carbonyl (C=O) groups excluding carboxylic acids is 3. The monoisotopic (exact) mass is 1260 g/mol. The normalized spacial score (nSPS) is 35.7. The van der Waals surface area contributed by atoms with E-state index < -0.39 is 20.5 Å². The summed E-state index contributed by atoms with van der Waals surface area (Å²) in [6.07, 6.45) is 36.6. The fraction of sp³-hybridized carbons (Fsp3) is 0.855. The van der Waals surface area contributed by atoms with Gasteiger partial charge in [0, 0.05) is 29.9 Å². The molecule has 8 aliphatic carbocycles. The van der Waals surface area contributed by atoms with E-state index in [1.807, 2.05) is 25.7 Å². The number of benzene rings is 1. The van der Waals surface area contributed by atoms with Crippen LogP contribution in [-0.4, -0.2) is 50.0 Å². The van der Waals surface area contributed by atoms with Crippen molar-refractivity contribution >= 4 is 26.1 Å². The summed E-state index contributed by atoms with van der Waals surface area (Å²) in [7, 11) is -1.45. The molecular formula is C76H128N6O7Si. The molecule has 0 amide bonds. The predicted octanol–water partition coefficient (Wildman–Crippen LogP) is 22.1. The third-order valence-electron chi connectivity index (χ3n) is 25.7. The maximum atomic E-state index is 12.4. The predicted molar refractivity (Wildman–Crippen MR) is 369 cm³/mol. The van der Waals surface area contributed by atoms with Gasteiger partial charge >= 0.3 is 17.9 Å². The second-order valence-electron chi connectivity index (χ2n) is 33.1. The molecule has 8 saturated carbocycles. The summed E-state index contributed by atoms with van der Waals surface area (Å²) in [4.78, 5) is 41.0. The number of esters is 3. The van der Waals surface area contributed by atoms with E-state index >= 15 is 0 Å². The summed E-state index contributed by atoms with van der Waals surface area (Å²) in [6, 6.07) is 6.79. The number of aliphatic hydroxyl groups excluding tert-OH is 1. The Morgan fingerprint density at radius 3 is 1.54 bits per heavy atom. The molecule has 1 unspecified atom stereocenters. The third-order valence-corrected chi connectivity index (χ3v) is 26.4. The first-order valence-corrected chi connectivity index (χ1v) is 39.7. The first kappa shape index (κ1) is 75.2. The van der Waals surface area contributed by atoms with Gasteiger partial charge in [0.1, 0.15) is 20.4 Å². The minimum Gasteiger partial charge on any atom is -0.462 e.